The highest BCUT2D eigenvalue weighted by Gasteiger charge is 2.25. The molecule has 6 nitrogen and oxygen atoms in total. The molecular formula is C20H26N4O2S2. The standard InChI is InChI=1S/C20H26N4O2S2/c1-12(2)14-7-9-15(10-8-14)21-20(27)24-23-19(26)17(13(3)4)22-18(25)16-6-5-11-28-16/h5-13,17H,1-4H3,(H,22,25)(H,23,26)(H2,21,24,27)/t17-/m1/s1. The Morgan fingerprint density at radius 3 is 2.21 bits per heavy atom. The first kappa shape index (κ1) is 21.8. The Kier molecular flexibility index (Phi) is 7.95. The van der Waals surface area contributed by atoms with Gasteiger partial charge in [0.2, 0.25) is 0 Å². The average Bonchev–Trinajstić information content (AvgIpc) is 3.19. The molecule has 0 aliphatic rings. The number of hydrazine groups is 1. The van der Waals surface area contributed by atoms with Crippen LogP contribution in [0.5, 0.6) is 0 Å². The molecule has 1 heterocycles. The van der Waals surface area contributed by atoms with E-state index in [0.717, 1.165) is 5.69 Å². The van der Waals surface area contributed by atoms with E-state index in [-0.39, 0.29) is 22.8 Å². The van der Waals surface area contributed by atoms with E-state index in [1.165, 1.54) is 16.9 Å². The predicted molar refractivity (Wildman–Crippen MR) is 118 cm³/mol. The maximum atomic E-state index is 12.5. The molecule has 0 unspecified atom stereocenters. The third kappa shape index (κ3) is 6.31. The topological polar surface area (TPSA) is 82.3 Å². The molecule has 2 amide bonds. The number of anilines is 1. The fourth-order valence-corrected chi connectivity index (χ4v) is 3.26. The van der Waals surface area contributed by atoms with Crippen LogP contribution in [-0.4, -0.2) is 23.0 Å². The second kappa shape index (κ2) is 10.2. The van der Waals surface area contributed by atoms with E-state index in [4.69, 9.17) is 12.2 Å². The third-order valence-electron chi connectivity index (χ3n) is 4.12. The number of carbonyl (C=O) groups excluding carboxylic acids is 2. The largest absolute Gasteiger partial charge is 0.339 e. The van der Waals surface area contributed by atoms with Crippen molar-refractivity contribution in [2.24, 2.45) is 5.92 Å². The third-order valence-corrected chi connectivity index (χ3v) is 5.19. The zero-order valence-electron chi connectivity index (χ0n) is 16.4. The summed E-state index contributed by atoms with van der Waals surface area (Å²) in [6.07, 6.45) is 0. The smallest absolute Gasteiger partial charge is 0.262 e. The van der Waals surface area contributed by atoms with Crippen molar-refractivity contribution in [1.82, 2.24) is 16.2 Å². The maximum Gasteiger partial charge on any atom is 0.262 e. The molecule has 1 aromatic heterocycles. The molecule has 150 valence electrons. The Labute approximate surface area is 175 Å². The first-order valence-corrected chi connectivity index (χ1v) is 10.4. The van der Waals surface area contributed by atoms with Gasteiger partial charge in [-0.25, -0.2) is 0 Å². The second-order valence-corrected chi connectivity index (χ2v) is 8.37. The Morgan fingerprint density at radius 2 is 1.68 bits per heavy atom. The number of benzene rings is 1. The molecule has 0 saturated heterocycles. The van der Waals surface area contributed by atoms with Gasteiger partial charge in [0, 0.05) is 5.69 Å². The van der Waals surface area contributed by atoms with E-state index in [2.05, 4.69) is 35.3 Å². The van der Waals surface area contributed by atoms with Gasteiger partial charge in [-0.3, -0.25) is 20.4 Å². The minimum atomic E-state index is -0.685. The van der Waals surface area contributed by atoms with E-state index in [0.29, 0.717) is 10.8 Å². The van der Waals surface area contributed by atoms with Gasteiger partial charge < -0.3 is 10.6 Å². The molecule has 2 rings (SSSR count). The molecule has 1 aromatic carbocycles. The molecule has 0 radical (unpaired) electrons. The molecular weight excluding hydrogens is 392 g/mol. The highest BCUT2D eigenvalue weighted by atomic mass is 32.1. The number of amides is 2. The van der Waals surface area contributed by atoms with Gasteiger partial charge in [-0.2, -0.15) is 0 Å². The van der Waals surface area contributed by atoms with Gasteiger partial charge in [-0.05, 0) is 53.2 Å². The lowest BCUT2D eigenvalue weighted by Gasteiger charge is -2.22. The van der Waals surface area contributed by atoms with Gasteiger partial charge >= 0.3 is 0 Å². The molecule has 0 aliphatic carbocycles. The van der Waals surface area contributed by atoms with Crippen LogP contribution < -0.4 is 21.5 Å². The van der Waals surface area contributed by atoms with Crippen molar-refractivity contribution in [2.45, 2.75) is 39.7 Å². The summed E-state index contributed by atoms with van der Waals surface area (Å²) in [6, 6.07) is 10.8. The van der Waals surface area contributed by atoms with Gasteiger partial charge in [-0.1, -0.05) is 45.9 Å². The summed E-state index contributed by atoms with van der Waals surface area (Å²) >= 11 is 6.55. The van der Waals surface area contributed by atoms with Crippen molar-refractivity contribution in [3.05, 3.63) is 52.2 Å². The Balaban J connectivity index is 1.87. The quantitative estimate of drug-likeness (QED) is 0.425. The fourth-order valence-electron chi connectivity index (χ4n) is 2.46. The number of thiophene rings is 1. The summed E-state index contributed by atoms with van der Waals surface area (Å²) in [4.78, 5) is 25.3. The summed E-state index contributed by atoms with van der Waals surface area (Å²) in [5, 5.41) is 7.86. The fraction of sp³-hybridized carbons (Fsp3) is 0.350. The van der Waals surface area contributed by atoms with Crippen LogP contribution in [0.3, 0.4) is 0 Å². The highest BCUT2D eigenvalue weighted by Crippen LogP contribution is 2.17. The van der Waals surface area contributed by atoms with Gasteiger partial charge in [0.1, 0.15) is 6.04 Å². The first-order valence-electron chi connectivity index (χ1n) is 9.09. The van der Waals surface area contributed by atoms with E-state index < -0.39 is 6.04 Å². The van der Waals surface area contributed by atoms with Crippen molar-refractivity contribution in [2.75, 3.05) is 5.32 Å². The van der Waals surface area contributed by atoms with Crippen molar-refractivity contribution < 1.29 is 9.59 Å². The molecule has 0 aliphatic heterocycles. The van der Waals surface area contributed by atoms with Gasteiger partial charge in [-0.15, -0.1) is 11.3 Å². The minimum absolute atomic E-state index is 0.0872. The van der Waals surface area contributed by atoms with E-state index in [9.17, 15) is 9.59 Å². The van der Waals surface area contributed by atoms with Crippen molar-refractivity contribution in [3.8, 4) is 0 Å². The number of hydrogen-bond donors (Lipinski definition) is 4. The van der Waals surface area contributed by atoms with Crippen LogP contribution in [0.4, 0.5) is 5.69 Å². The summed E-state index contributed by atoms with van der Waals surface area (Å²) in [5.74, 6) is -0.263. The average molecular weight is 419 g/mol. The van der Waals surface area contributed by atoms with Crippen LogP contribution in [0.25, 0.3) is 0 Å². The van der Waals surface area contributed by atoms with Crippen LogP contribution in [0.2, 0.25) is 0 Å². The predicted octanol–water partition coefficient (Wildman–Crippen LogP) is 3.64. The second-order valence-electron chi connectivity index (χ2n) is 7.02. The summed E-state index contributed by atoms with van der Waals surface area (Å²) < 4.78 is 0. The number of nitrogens with one attached hydrogen (secondary N) is 4. The van der Waals surface area contributed by atoms with Crippen LogP contribution >= 0.6 is 23.6 Å². The van der Waals surface area contributed by atoms with E-state index >= 15 is 0 Å². The number of carbonyl (C=O) groups is 2. The van der Waals surface area contributed by atoms with Crippen LogP contribution in [-0.2, 0) is 4.79 Å². The van der Waals surface area contributed by atoms with Crippen LogP contribution in [0.1, 0.15) is 48.8 Å². The lowest BCUT2D eigenvalue weighted by Crippen LogP contribution is -2.54. The zero-order valence-corrected chi connectivity index (χ0v) is 18.0. The van der Waals surface area contributed by atoms with Crippen LogP contribution in [0, 0.1) is 5.92 Å². The number of rotatable bonds is 6. The van der Waals surface area contributed by atoms with E-state index in [1.807, 2.05) is 43.5 Å². The van der Waals surface area contributed by atoms with Crippen molar-refractivity contribution in [3.63, 3.8) is 0 Å². The Bertz CT molecular complexity index is 802. The van der Waals surface area contributed by atoms with Crippen molar-refractivity contribution in [1.29, 1.82) is 0 Å². The molecule has 28 heavy (non-hydrogen) atoms. The van der Waals surface area contributed by atoms with Crippen LogP contribution in [0.15, 0.2) is 41.8 Å². The summed E-state index contributed by atoms with van der Waals surface area (Å²) in [6.45, 7) is 8.00. The Hall–Kier alpha value is -2.45. The Morgan fingerprint density at radius 1 is 1.00 bits per heavy atom. The molecule has 0 spiro atoms. The SMILES string of the molecule is CC(C)c1ccc(NC(=S)NNC(=O)[C@H](NC(=O)c2cccs2)C(C)C)cc1. The monoisotopic (exact) mass is 418 g/mol. The van der Waals surface area contributed by atoms with Gasteiger partial charge in [0.15, 0.2) is 5.11 Å². The highest BCUT2D eigenvalue weighted by molar-refractivity contribution is 7.80. The normalized spacial score (nSPS) is 11.8. The number of hydrogen-bond acceptors (Lipinski definition) is 4. The lowest BCUT2D eigenvalue weighted by molar-refractivity contribution is -0.124. The van der Waals surface area contributed by atoms with E-state index in [1.54, 1.807) is 12.1 Å². The molecule has 0 fully saturated rings. The lowest BCUT2D eigenvalue weighted by atomic mass is 10.0. The zero-order chi connectivity index (χ0) is 20.7. The molecule has 1 atom stereocenters. The minimum Gasteiger partial charge on any atom is -0.339 e. The van der Waals surface area contributed by atoms with Crippen molar-refractivity contribution >= 4 is 46.2 Å². The first-order chi connectivity index (χ1) is 13.3. The molecule has 8 heteroatoms. The molecule has 2 aromatic rings. The number of thiocarbonyl (C=S) groups is 1. The summed E-state index contributed by atoms with van der Waals surface area (Å²) in [5.41, 5.74) is 7.30. The summed E-state index contributed by atoms with van der Waals surface area (Å²) in [7, 11) is 0. The molecule has 4 N–H and O–H groups in total. The molecule has 0 bridgehead atoms. The molecule has 0 saturated carbocycles. The maximum absolute atomic E-state index is 12.5. The van der Waals surface area contributed by atoms with Gasteiger partial charge in [0.25, 0.3) is 11.8 Å². The van der Waals surface area contributed by atoms with Gasteiger partial charge in [0.05, 0.1) is 4.88 Å².